The molecule has 1 rings (SSSR count). The van der Waals surface area contributed by atoms with Crippen LogP contribution < -0.4 is 5.73 Å². The Labute approximate surface area is 80.5 Å². The molecule has 0 unspecified atom stereocenters. The number of allylic oxidation sites excluding steroid dienone is 3. The van der Waals surface area contributed by atoms with Crippen LogP contribution in [0.5, 0.6) is 0 Å². The average Bonchev–Trinajstić information content (AvgIpc) is 2.47. The van der Waals surface area contributed by atoms with Crippen LogP contribution in [0.2, 0.25) is 0 Å². The van der Waals surface area contributed by atoms with Crippen molar-refractivity contribution in [3.8, 4) is 0 Å². The predicted molar refractivity (Wildman–Crippen MR) is 53.2 cm³/mol. The van der Waals surface area contributed by atoms with Crippen molar-refractivity contribution in [3.05, 3.63) is 41.7 Å². The fraction of sp³-hybridized carbons (Fsp3) is 0. The van der Waals surface area contributed by atoms with Gasteiger partial charge in [0.15, 0.2) is 0 Å². The molecule has 0 aromatic carbocycles. The van der Waals surface area contributed by atoms with Crippen LogP contribution in [0.15, 0.2) is 35.4 Å². The van der Waals surface area contributed by atoms with Crippen LogP contribution in [-0.4, -0.2) is 10.2 Å². The van der Waals surface area contributed by atoms with Gasteiger partial charge in [-0.2, -0.15) is 0 Å². The van der Waals surface area contributed by atoms with Gasteiger partial charge in [-0.15, -0.1) is 5.10 Å². The van der Waals surface area contributed by atoms with Gasteiger partial charge in [0.2, 0.25) is 5.89 Å². The lowest BCUT2D eigenvalue weighted by molar-refractivity contribution is 0.524. The summed E-state index contributed by atoms with van der Waals surface area (Å²) in [5.74, 6) is 0.350. The molecule has 1 aromatic heterocycles. The van der Waals surface area contributed by atoms with E-state index >= 15 is 0 Å². The summed E-state index contributed by atoms with van der Waals surface area (Å²) in [4.78, 5) is 0.219. The lowest BCUT2D eigenvalue weighted by Gasteiger charge is -1.90. The van der Waals surface area contributed by atoms with E-state index < -0.39 is 0 Å². The van der Waals surface area contributed by atoms with Gasteiger partial charge in [-0.3, -0.25) is 0 Å². The maximum Gasteiger partial charge on any atom is 0.284 e. The van der Waals surface area contributed by atoms with E-state index in [0.29, 0.717) is 17.2 Å². The van der Waals surface area contributed by atoms with E-state index in [2.05, 4.69) is 23.4 Å². The lowest BCUT2D eigenvalue weighted by atomic mass is 10.2. The third kappa shape index (κ3) is 2.72. The number of aromatic nitrogens is 2. The molecule has 0 aliphatic heterocycles. The number of hydrogen-bond acceptors (Lipinski definition) is 4. The fourth-order valence-corrected chi connectivity index (χ4v) is 0.771. The molecule has 0 atom stereocenters. The van der Waals surface area contributed by atoms with Gasteiger partial charge in [0.1, 0.15) is 0 Å². The Hall–Kier alpha value is -1.62. The molecule has 1 aromatic rings. The fourth-order valence-electron chi connectivity index (χ4n) is 0.646. The van der Waals surface area contributed by atoms with Gasteiger partial charge in [0.25, 0.3) is 4.84 Å². The number of hydrogen-bond donors (Lipinski definition) is 2. The molecule has 4 nitrogen and oxygen atoms in total. The van der Waals surface area contributed by atoms with Crippen LogP contribution in [0.4, 0.5) is 0 Å². The highest BCUT2D eigenvalue weighted by Crippen LogP contribution is 2.10. The van der Waals surface area contributed by atoms with Crippen LogP contribution in [0, 0.1) is 4.84 Å². The molecule has 0 amide bonds. The first-order valence-corrected chi connectivity index (χ1v) is 3.87. The monoisotopic (exact) mass is 195 g/mol. The van der Waals surface area contributed by atoms with E-state index in [4.69, 9.17) is 22.4 Å². The van der Waals surface area contributed by atoms with E-state index in [1.54, 1.807) is 12.2 Å². The van der Waals surface area contributed by atoms with Crippen molar-refractivity contribution in [2.45, 2.75) is 0 Å². The van der Waals surface area contributed by atoms with E-state index in [1.165, 1.54) is 0 Å². The SMILES string of the molecule is C=C(N)/C=C\C(=C)c1n[nH]c(=S)o1. The Balaban J connectivity index is 2.80. The first kappa shape index (κ1) is 9.47. The summed E-state index contributed by atoms with van der Waals surface area (Å²) < 4.78 is 5.00. The molecule has 0 fully saturated rings. The summed E-state index contributed by atoms with van der Waals surface area (Å²) in [6.45, 7) is 7.20. The zero-order valence-corrected chi connectivity index (χ0v) is 7.73. The lowest BCUT2D eigenvalue weighted by Crippen LogP contribution is -1.88. The summed E-state index contributed by atoms with van der Waals surface area (Å²) in [5, 5.41) is 6.26. The number of nitrogens with two attached hydrogens (primary N) is 1. The van der Waals surface area contributed by atoms with Gasteiger partial charge in [-0.05, 0) is 24.4 Å². The standard InChI is InChI=1S/C8H9N3OS/c1-5(3-4-6(2)9)7-10-11-8(13)12-7/h3-4H,1-2,9H2,(H,11,13)/b4-3-. The third-order valence-corrected chi connectivity index (χ3v) is 1.39. The summed E-state index contributed by atoms with van der Waals surface area (Å²) in [6, 6.07) is 0. The smallest absolute Gasteiger partial charge is 0.284 e. The highest BCUT2D eigenvalue weighted by atomic mass is 32.1. The predicted octanol–water partition coefficient (Wildman–Crippen LogP) is 1.77. The second-order valence-electron chi connectivity index (χ2n) is 2.35. The first-order valence-electron chi connectivity index (χ1n) is 3.47. The molecule has 0 bridgehead atoms. The Kier molecular flexibility index (Phi) is 2.81. The number of nitrogens with zero attached hydrogens (tertiary/aromatic N) is 1. The van der Waals surface area contributed by atoms with Crippen LogP contribution in [0.3, 0.4) is 0 Å². The molecular weight excluding hydrogens is 186 g/mol. The second kappa shape index (κ2) is 3.86. The number of H-pyrrole nitrogens is 1. The van der Waals surface area contributed by atoms with Crippen LogP contribution in [0.25, 0.3) is 5.57 Å². The van der Waals surface area contributed by atoms with Crippen molar-refractivity contribution in [2.24, 2.45) is 5.73 Å². The minimum atomic E-state index is 0.219. The number of rotatable bonds is 3. The highest BCUT2D eigenvalue weighted by Gasteiger charge is 2.00. The maximum absolute atomic E-state index is 5.32. The van der Waals surface area contributed by atoms with E-state index in [0.717, 1.165) is 0 Å². The molecule has 0 spiro atoms. The Bertz CT molecular complexity index is 413. The quantitative estimate of drug-likeness (QED) is 0.569. The molecule has 1 heterocycles. The molecule has 5 heteroatoms. The molecule has 13 heavy (non-hydrogen) atoms. The number of aromatic amines is 1. The van der Waals surface area contributed by atoms with Crippen LogP contribution >= 0.6 is 12.2 Å². The summed E-state index contributed by atoms with van der Waals surface area (Å²) in [6.07, 6.45) is 3.26. The second-order valence-corrected chi connectivity index (χ2v) is 2.72. The van der Waals surface area contributed by atoms with Crippen molar-refractivity contribution in [3.63, 3.8) is 0 Å². The van der Waals surface area contributed by atoms with E-state index in [1.807, 2.05) is 0 Å². The largest absolute Gasteiger partial charge is 0.409 e. The molecule has 0 saturated carbocycles. The molecule has 68 valence electrons. The zero-order chi connectivity index (χ0) is 9.84. The van der Waals surface area contributed by atoms with Gasteiger partial charge in [0.05, 0.1) is 0 Å². The Morgan fingerprint density at radius 1 is 1.54 bits per heavy atom. The summed E-state index contributed by atoms with van der Waals surface area (Å²) in [7, 11) is 0. The van der Waals surface area contributed by atoms with Gasteiger partial charge >= 0.3 is 0 Å². The van der Waals surface area contributed by atoms with Gasteiger partial charge < -0.3 is 10.2 Å². The third-order valence-electron chi connectivity index (χ3n) is 1.21. The summed E-state index contributed by atoms with van der Waals surface area (Å²) >= 11 is 4.70. The molecule has 0 aliphatic carbocycles. The Morgan fingerprint density at radius 3 is 2.69 bits per heavy atom. The van der Waals surface area contributed by atoms with Crippen molar-refractivity contribution in [1.82, 2.24) is 10.2 Å². The molecule has 0 saturated heterocycles. The van der Waals surface area contributed by atoms with Gasteiger partial charge in [-0.1, -0.05) is 13.2 Å². The van der Waals surface area contributed by atoms with Crippen LogP contribution in [-0.2, 0) is 0 Å². The molecule has 0 aliphatic rings. The minimum Gasteiger partial charge on any atom is -0.409 e. The van der Waals surface area contributed by atoms with Crippen LogP contribution in [0.1, 0.15) is 5.89 Å². The highest BCUT2D eigenvalue weighted by molar-refractivity contribution is 7.71. The molecule has 0 radical (unpaired) electrons. The maximum atomic E-state index is 5.32. The van der Waals surface area contributed by atoms with Crippen molar-refractivity contribution in [2.75, 3.05) is 0 Å². The van der Waals surface area contributed by atoms with Crippen molar-refractivity contribution < 1.29 is 4.42 Å². The Morgan fingerprint density at radius 2 is 2.23 bits per heavy atom. The topological polar surface area (TPSA) is 67.8 Å². The summed E-state index contributed by atoms with van der Waals surface area (Å²) in [5.41, 5.74) is 6.34. The molecule has 3 N–H and O–H groups in total. The van der Waals surface area contributed by atoms with E-state index in [-0.39, 0.29) is 4.84 Å². The van der Waals surface area contributed by atoms with Gasteiger partial charge in [-0.25, -0.2) is 5.10 Å². The van der Waals surface area contributed by atoms with Gasteiger partial charge in [0, 0.05) is 11.3 Å². The first-order chi connectivity index (χ1) is 6.09. The average molecular weight is 195 g/mol. The minimum absolute atomic E-state index is 0.219. The number of nitrogens with one attached hydrogen (secondary N) is 1. The van der Waals surface area contributed by atoms with E-state index in [9.17, 15) is 0 Å². The normalized spacial score (nSPS) is 10.5. The van der Waals surface area contributed by atoms with Crippen molar-refractivity contribution in [1.29, 1.82) is 0 Å². The van der Waals surface area contributed by atoms with Crippen molar-refractivity contribution >= 4 is 17.8 Å². The zero-order valence-electron chi connectivity index (χ0n) is 6.91. The molecular formula is C8H9N3OS.